The van der Waals surface area contributed by atoms with Gasteiger partial charge in [0.25, 0.3) is 0 Å². The van der Waals surface area contributed by atoms with E-state index in [1.165, 1.54) is 186 Å². The predicted molar refractivity (Wildman–Crippen MR) is 256 cm³/mol. The Morgan fingerprint density at radius 1 is 0.317 bits per heavy atom. The summed E-state index contributed by atoms with van der Waals surface area (Å²) in [6, 6.07) is 0. The van der Waals surface area contributed by atoms with Gasteiger partial charge in [0.2, 0.25) is 0 Å². The first-order valence-corrected chi connectivity index (χ1v) is 26.7. The third kappa shape index (κ3) is 47.5. The average molecular weight is 849 g/mol. The molecule has 0 fully saturated rings. The van der Waals surface area contributed by atoms with E-state index in [1.807, 2.05) is 0 Å². The van der Waals surface area contributed by atoms with Gasteiger partial charge in [-0.05, 0) is 31.1 Å². The Balaban J connectivity index is 4.30. The van der Waals surface area contributed by atoms with Crippen LogP contribution in [0.25, 0.3) is 0 Å². The fourth-order valence-corrected chi connectivity index (χ4v) is 8.17. The summed E-state index contributed by atoms with van der Waals surface area (Å²) < 4.78 is 16.8. The molecular weight excluding hydrogens is 745 g/mol. The van der Waals surface area contributed by atoms with Crippen molar-refractivity contribution in [1.29, 1.82) is 0 Å². The monoisotopic (exact) mass is 849 g/mol. The number of esters is 3. The lowest BCUT2D eigenvalue weighted by Gasteiger charge is -2.18. The highest BCUT2D eigenvalue weighted by atomic mass is 16.6. The Bertz CT molecular complexity index is 916. The zero-order chi connectivity index (χ0) is 44.0. The minimum absolute atomic E-state index is 0.0636. The second-order valence-electron chi connectivity index (χ2n) is 19.5. The van der Waals surface area contributed by atoms with Crippen LogP contribution in [-0.4, -0.2) is 37.2 Å². The smallest absolute Gasteiger partial charge is 0.306 e. The summed E-state index contributed by atoms with van der Waals surface area (Å²) in [5.74, 6) is 0.788. The van der Waals surface area contributed by atoms with Gasteiger partial charge >= 0.3 is 17.9 Å². The lowest BCUT2D eigenvalue weighted by Crippen LogP contribution is -2.30. The van der Waals surface area contributed by atoms with Crippen molar-refractivity contribution in [2.75, 3.05) is 13.2 Å². The number of carbonyl (C=O) groups excluding carboxylic acids is 3. The lowest BCUT2D eigenvalue weighted by atomic mass is 10.0. The summed E-state index contributed by atoms with van der Waals surface area (Å²) in [5, 5.41) is 0. The first kappa shape index (κ1) is 58.4. The Morgan fingerprint density at radius 2 is 0.550 bits per heavy atom. The van der Waals surface area contributed by atoms with E-state index in [0.29, 0.717) is 19.3 Å². The van der Waals surface area contributed by atoms with E-state index in [4.69, 9.17) is 14.2 Å². The maximum atomic E-state index is 12.8. The molecule has 0 aliphatic heterocycles. The molecule has 60 heavy (non-hydrogen) atoms. The van der Waals surface area contributed by atoms with E-state index >= 15 is 0 Å². The van der Waals surface area contributed by atoms with Crippen molar-refractivity contribution in [2.45, 2.75) is 304 Å². The van der Waals surface area contributed by atoms with Gasteiger partial charge in [-0.3, -0.25) is 14.4 Å². The van der Waals surface area contributed by atoms with Crippen molar-refractivity contribution in [3.05, 3.63) is 0 Å². The van der Waals surface area contributed by atoms with Crippen LogP contribution in [0.15, 0.2) is 0 Å². The maximum Gasteiger partial charge on any atom is 0.306 e. The summed E-state index contributed by atoms with van der Waals surface area (Å²) in [7, 11) is 0. The summed E-state index contributed by atoms with van der Waals surface area (Å²) >= 11 is 0. The molecule has 0 N–H and O–H groups in total. The van der Waals surface area contributed by atoms with Crippen LogP contribution >= 0.6 is 0 Å². The van der Waals surface area contributed by atoms with E-state index in [-0.39, 0.29) is 31.1 Å². The number of ether oxygens (including phenoxy) is 3. The number of carbonyl (C=O) groups is 3. The third-order valence-corrected chi connectivity index (χ3v) is 12.2. The highest BCUT2D eigenvalue weighted by Gasteiger charge is 2.19. The fourth-order valence-electron chi connectivity index (χ4n) is 8.17. The van der Waals surface area contributed by atoms with Crippen molar-refractivity contribution >= 4 is 17.9 Å². The summed E-state index contributed by atoms with van der Waals surface area (Å²) in [6.45, 7) is 11.4. The van der Waals surface area contributed by atoms with Crippen LogP contribution in [0.3, 0.4) is 0 Å². The summed E-state index contributed by atoms with van der Waals surface area (Å²) in [5.41, 5.74) is 0. The number of unbranched alkanes of at least 4 members (excludes halogenated alkanes) is 33. The maximum absolute atomic E-state index is 12.8. The van der Waals surface area contributed by atoms with Gasteiger partial charge in [0, 0.05) is 19.3 Å². The molecule has 0 aliphatic rings. The minimum atomic E-state index is -0.762. The van der Waals surface area contributed by atoms with Gasteiger partial charge in [-0.1, -0.05) is 259 Å². The molecule has 0 spiro atoms. The normalized spacial score (nSPS) is 12.1. The molecule has 0 amide bonds. The van der Waals surface area contributed by atoms with E-state index in [1.54, 1.807) is 0 Å². The molecule has 1 atom stereocenters. The minimum Gasteiger partial charge on any atom is -0.462 e. The Morgan fingerprint density at radius 3 is 0.817 bits per heavy atom. The van der Waals surface area contributed by atoms with Crippen LogP contribution in [0.1, 0.15) is 298 Å². The molecule has 0 heterocycles. The SMILES string of the molecule is CCCCCCCCCCCCCCCCCCC(=O)OC[C@@H](COC(=O)CCCCCCCCCCCCC(C)C)OC(=O)CCCCCCCCCCCCC(C)C. The van der Waals surface area contributed by atoms with Crippen LogP contribution in [0.4, 0.5) is 0 Å². The standard InChI is InChI=1S/C54H104O6/c1-6-7-8-9-10-11-12-13-14-15-16-17-24-29-34-39-44-52(55)58-47-51(60-54(57)46-41-36-31-26-21-19-23-28-33-38-43-50(4)5)48-59-53(56)45-40-35-30-25-20-18-22-27-32-37-42-49(2)3/h49-51H,6-48H2,1-5H3/t51-/m0/s1. The second kappa shape index (κ2) is 46.9. The van der Waals surface area contributed by atoms with Gasteiger partial charge in [-0.25, -0.2) is 0 Å². The molecule has 0 radical (unpaired) electrons. The van der Waals surface area contributed by atoms with Crippen LogP contribution in [0.5, 0.6) is 0 Å². The molecule has 0 rings (SSSR count). The van der Waals surface area contributed by atoms with Gasteiger partial charge in [-0.15, -0.1) is 0 Å². The molecule has 0 aromatic heterocycles. The Hall–Kier alpha value is -1.59. The van der Waals surface area contributed by atoms with E-state index in [9.17, 15) is 14.4 Å². The molecule has 0 bridgehead atoms. The molecule has 0 unspecified atom stereocenters. The molecule has 0 saturated carbocycles. The van der Waals surface area contributed by atoms with Gasteiger partial charge in [0.1, 0.15) is 13.2 Å². The number of hydrogen-bond donors (Lipinski definition) is 0. The van der Waals surface area contributed by atoms with Crippen molar-refractivity contribution in [3.63, 3.8) is 0 Å². The molecule has 0 aromatic rings. The zero-order valence-corrected chi connectivity index (χ0v) is 41.1. The van der Waals surface area contributed by atoms with E-state index in [2.05, 4.69) is 34.6 Å². The summed E-state index contributed by atoms with van der Waals surface area (Å²) in [6.07, 6.45) is 48.0. The highest BCUT2D eigenvalue weighted by Crippen LogP contribution is 2.17. The fraction of sp³-hybridized carbons (Fsp3) is 0.944. The van der Waals surface area contributed by atoms with Crippen LogP contribution < -0.4 is 0 Å². The number of rotatable bonds is 48. The van der Waals surface area contributed by atoms with Gasteiger partial charge in [-0.2, -0.15) is 0 Å². The molecule has 6 heteroatoms. The quantitative estimate of drug-likeness (QED) is 0.0345. The second-order valence-corrected chi connectivity index (χ2v) is 19.5. The van der Waals surface area contributed by atoms with Crippen molar-refractivity contribution in [1.82, 2.24) is 0 Å². The first-order chi connectivity index (χ1) is 29.2. The molecule has 356 valence electrons. The third-order valence-electron chi connectivity index (χ3n) is 12.2. The van der Waals surface area contributed by atoms with Gasteiger partial charge in [0.05, 0.1) is 0 Å². The predicted octanol–water partition coefficient (Wildman–Crippen LogP) is 17.3. The van der Waals surface area contributed by atoms with Crippen molar-refractivity contribution in [2.24, 2.45) is 11.8 Å². The van der Waals surface area contributed by atoms with Crippen LogP contribution in [0.2, 0.25) is 0 Å². The topological polar surface area (TPSA) is 78.9 Å². The van der Waals surface area contributed by atoms with E-state index < -0.39 is 6.10 Å². The van der Waals surface area contributed by atoms with Crippen LogP contribution in [0, 0.1) is 11.8 Å². The molecule has 0 saturated heterocycles. The molecule has 0 aromatic carbocycles. The Kier molecular flexibility index (Phi) is 45.7. The first-order valence-electron chi connectivity index (χ1n) is 26.7. The Labute approximate surface area is 374 Å². The molecule has 0 aliphatic carbocycles. The van der Waals surface area contributed by atoms with Crippen molar-refractivity contribution < 1.29 is 28.6 Å². The average Bonchev–Trinajstić information content (AvgIpc) is 3.22. The van der Waals surface area contributed by atoms with Gasteiger partial charge in [0.15, 0.2) is 6.10 Å². The van der Waals surface area contributed by atoms with Crippen LogP contribution in [-0.2, 0) is 28.6 Å². The molecule has 6 nitrogen and oxygen atoms in total. The van der Waals surface area contributed by atoms with Gasteiger partial charge < -0.3 is 14.2 Å². The largest absolute Gasteiger partial charge is 0.462 e. The molecular formula is C54H104O6. The van der Waals surface area contributed by atoms with E-state index in [0.717, 1.165) is 69.6 Å². The highest BCUT2D eigenvalue weighted by molar-refractivity contribution is 5.71. The van der Waals surface area contributed by atoms with Crippen molar-refractivity contribution in [3.8, 4) is 0 Å². The lowest BCUT2D eigenvalue weighted by molar-refractivity contribution is -0.167. The zero-order valence-electron chi connectivity index (χ0n) is 41.1. The summed E-state index contributed by atoms with van der Waals surface area (Å²) in [4.78, 5) is 38.0. The number of hydrogen-bond acceptors (Lipinski definition) is 6.